The SMILES string of the molecule is CC(N)C(c1cccc(F)c1)N(C)C(C)C1CC1. The molecule has 1 fully saturated rings. The fourth-order valence-electron chi connectivity index (χ4n) is 2.76. The van der Waals surface area contributed by atoms with Crippen molar-refractivity contribution in [2.75, 3.05) is 7.05 Å². The molecule has 2 rings (SSSR count). The van der Waals surface area contributed by atoms with Crippen LogP contribution in [0.25, 0.3) is 0 Å². The quantitative estimate of drug-likeness (QED) is 0.870. The number of hydrogen-bond donors (Lipinski definition) is 1. The lowest BCUT2D eigenvalue weighted by Gasteiger charge is -2.36. The summed E-state index contributed by atoms with van der Waals surface area (Å²) >= 11 is 0. The normalized spacial score (nSPS) is 20.8. The Morgan fingerprint density at radius 3 is 2.50 bits per heavy atom. The monoisotopic (exact) mass is 250 g/mol. The first-order chi connectivity index (χ1) is 8.50. The summed E-state index contributed by atoms with van der Waals surface area (Å²) in [6, 6.07) is 7.37. The van der Waals surface area contributed by atoms with E-state index in [-0.39, 0.29) is 17.9 Å². The molecule has 1 saturated carbocycles. The highest BCUT2D eigenvalue weighted by molar-refractivity contribution is 5.22. The molecule has 1 aliphatic carbocycles. The molecule has 18 heavy (non-hydrogen) atoms. The number of rotatable bonds is 5. The number of benzene rings is 1. The van der Waals surface area contributed by atoms with Gasteiger partial charge < -0.3 is 5.73 Å². The summed E-state index contributed by atoms with van der Waals surface area (Å²) in [4.78, 5) is 2.30. The zero-order valence-corrected chi connectivity index (χ0v) is 11.4. The van der Waals surface area contributed by atoms with Crippen molar-refractivity contribution in [2.24, 2.45) is 11.7 Å². The highest BCUT2D eigenvalue weighted by Gasteiger charge is 2.34. The Bertz CT molecular complexity index is 401. The van der Waals surface area contributed by atoms with Crippen LogP contribution < -0.4 is 5.73 Å². The molecule has 0 saturated heterocycles. The molecule has 0 spiro atoms. The van der Waals surface area contributed by atoms with Gasteiger partial charge in [-0.2, -0.15) is 0 Å². The van der Waals surface area contributed by atoms with E-state index in [0.717, 1.165) is 11.5 Å². The molecule has 0 radical (unpaired) electrons. The Hall–Kier alpha value is -0.930. The maximum absolute atomic E-state index is 13.4. The van der Waals surface area contributed by atoms with Gasteiger partial charge in [0.05, 0.1) is 0 Å². The van der Waals surface area contributed by atoms with Crippen LogP contribution in [0.4, 0.5) is 4.39 Å². The number of halogens is 1. The van der Waals surface area contributed by atoms with E-state index in [1.54, 1.807) is 12.1 Å². The van der Waals surface area contributed by atoms with Gasteiger partial charge in [-0.1, -0.05) is 12.1 Å². The van der Waals surface area contributed by atoms with Gasteiger partial charge in [0.25, 0.3) is 0 Å². The summed E-state index contributed by atoms with van der Waals surface area (Å²) in [5.41, 5.74) is 7.09. The summed E-state index contributed by atoms with van der Waals surface area (Å²) in [6.45, 7) is 4.23. The second kappa shape index (κ2) is 5.37. The van der Waals surface area contributed by atoms with Crippen molar-refractivity contribution in [3.05, 3.63) is 35.6 Å². The maximum Gasteiger partial charge on any atom is 0.123 e. The van der Waals surface area contributed by atoms with E-state index in [9.17, 15) is 4.39 Å². The van der Waals surface area contributed by atoms with E-state index in [0.29, 0.717) is 6.04 Å². The summed E-state index contributed by atoms with van der Waals surface area (Å²) < 4.78 is 13.4. The van der Waals surface area contributed by atoms with Gasteiger partial charge in [-0.15, -0.1) is 0 Å². The molecule has 0 heterocycles. The lowest BCUT2D eigenvalue weighted by Crippen LogP contribution is -2.42. The lowest BCUT2D eigenvalue weighted by atomic mass is 9.97. The van der Waals surface area contributed by atoms with Gasteiger partial charge in [-0.25, -0.2) is 4.39 Å². The van der Waals surface area contributed by atoms with E-state index in [1.807, 2.05) is 13.0 Å². The number of hydrogen-bond acceptors (Lipinski definition) is 2. The molecular formula is C15H23FN2. The molecule has 1 aromatic carbocycles. The summed E-state index contributed by atoms with van der Waals surface area (Å²) in [5.74, 6) is 0.593. The molecule has 0 aromatic heterocycles. The Morgan fingerprint density at radius 1 is 1.33 bits per heavy atom. The molecule has 3 unspecified atom stereocenters. The smallest absolute Gasteiger partial charge is 0.123 e. The van der Waals surface area contributed by atoms with Gasteiger partial charge in [0.2, 0.25) is 0 Å². The van der Waals surface area contributed by atoms with Gasteiger partial charge in [-0.05, 0) is 57.4 Å². The van der Waals surface area contributed by atoms with E-state index >= 15 is 0 Å². The van der Waals surface area contributed by atoms with Crippen LogP contribution >= 0.6 is 0 Å². The molecule has 2 nitrogen and oxygen atoms in total. The van der Waals surface area contributed by atoms with Crippen molar-refractivity contribution in [1.29, 1.82) is 0 Å². The Kier molecular flexibility index (Phi) is 4.03. The van der Waals surface area contributed by atoms with Gasteiger partial charge in [0.1, 0.15) is 5.82 Å². The number of nitrogens with zero attached hydrogens (tertiary/aromatic N) is 1. The maximum atomic E-state index is 13.4. The van der Waals surface area contributed by atoms with Crippen molar-refractivity contribution < 1.29 is 4.39 Å². The van der Waals surface area contributed by atoms with Crippen molar-refractivity contribution >= 4 is 0 Å². The van der Waals surface area contributed by atoms with Crippen LogP contribution in [-0.4, -0.2) is 24.0 Å². The first-order valence-corrected chi connectivity index (χ1v) is 6.73. The lowest BCUT2D eigenvalue weighted by molar-refractivity contribution is 0.149. The number of nitrogens with two attached hydrogens (primary N) is 1. The highest BCUT2D eigenvalue weighted by Crippen LogP contribution is 2.38. The minimum Gasteiger partial charge on any atom is -0.326 e. The second-order valence-electron chi connectivity index (χ2n) is 5.60. The minimum absolute atomic E-state index is 0.0157. The van der Waals surface area contributed by atoms with Crippen molar-refractivity contribution in [3.8, 4) is 0 Å². The van der Waals surface area contributed by atoms with Crippen LogP contribution in [0.2, 0.25) is 0 Å². The van der Waals surface area contributed by atoms with Crippen LogP contribution in [0.5, 0.6) is 0 Å². The van der Waals surface area contributed by atoms with Crippen LogP contribution in [0, 0.1) is 11.7 Å². The first kappa shape index (κ1) is 13.5. The molecule has 3 heteroatoms. The fraction of sp³-hybridized carbons (Fsp3) is 0.600. The standard InChI is InChI=1S/C15H23FN2/c1-10(17)15(13-5-4-6-14(16)9-13)18(3)11(2)12-7-8-12/h4-6,9-12,15H,7-8,17H2,1-3H3. The fourth-order valence-corrected chi connectivity index (χ4v) is 2.76. The molecule has 0 amide bonds. The summed E-state index contributed by atoms with van der Waals surface area (Å²) in [6.07, 6.45) is 2.61. The minimum atomic E-state index is -0.189. The van der Waals surface area contributed by atoms with E-state index in [1.165, 1.54) is 18.9 Å². The third-order valence-corrected chi connectivity index (χ3v) is 4.07. The molecule has 1 aliphatic rings. The predicted octanol–water partition coefficient (Wildman–Crippen LogP) is 2.94. The summed E-state index contributed by atoms with van der Waals surface area (Å²) in [7, 11) is 2.10. The van der Waals surface area contributed by atoms with E-state index < -0.39 is 0 Å². The van der Waals surface area contributed by atoms with Crippen molar-refractivity contribution in [1.82, 2.24) is 4.90 Å². The Balaban J connectivity index is 2.21. The average molecular weight is 250 g/mol. The first-order valence-electron chi connectivity index (χ1n) is 6.73. The Labute approximate surface area is 109 Å². The zero-order chi connectivity index (χ0) is 13.3. The third-order valence-electron chi connectivity index (χ3n) is 4.07. The number of likely N-dealkylation sites (N-methyl/N-ethyl adjacent to an activating group) is 1. The topological polar surface area (TPSA) is 29.3 Å². The van der Waals surface area contributed by atoms with E-state index in [4.69, 9.17) is 5.73 Å². The molecule has 2 N–H and O–H groups in total. The third kappa shape index (κ3) is 2.90. The van der Waals surface area contributed by atoms with Crippen molar-refractivity contribution in [2.45, 2.75) is 44.8 Å². The Morgan fingerprint density at radius 2 is 2.00 bits per heavy atom. The molecular weight excluding hydrogens is 227 g/mol. The van der Waals surface area contributed by atoms with Crippen LogP contribution in [0.3, 0.4) is 0 Å². The molecule has 0 aliphatic heterocycles. The molecule has 0 bridgehead atoms. The summed E-state index contributed by atoms with van der Waals surface area (Å²) in [5, 5.41) is 0. The van der Waals surface area contributed by atoms with Crippen molar-refractivity contribution in [3.63, 3.8) is 0 Å². The van der Waals surface area contributed by atoms with Gasteiger partial charge in [-0.3, -0.25) is 4.90 Å². The second-order valence-corrected chi connectivity index (χ2v) is 5.60. The van der Waals surface area contributed by atoms with Crippen LogP contribution in [-0.2, 0) is 0 Å². The van der Waals surface area contributed by atoms with Gasteiger partial charge in [0, 0.05) is 18.1 Å². The zero-order valence-electron chi connectivity index (χ0n) is 11.4. The van der Waals surface area contributed by atoms with E-state index in [2.05, 4.69) is 18.9 Å². The average Bonchev–Trinajstić information content (AvgIpc) is 3.11. The largest absolute Gasteiger partial charge is 0.326 e. The highest BCUT2D eigenvalue weighted by atomic mass is 19.1. The van der Waals surface area contributed by atoms with Gasteiger partial charge >= 0.3 is 0 Å². The molecule has 1 aromatic rings. The predicted molar refractivity (Wildman–Crippen MR) is 72.7 cm³/mol. The molecule has 3 atom stereocenters. The van der Waals surface area contributed by atoms with Gasteiger partial charge in [0.15, 0.2) is 0 Å². The molecule has 100 valence electrons. The van der Waals surface area contributed by atoms with Crippen LogP contribution in [0.15, 0.2) is 24.3 Å². The van der Waals surface area contributed by atoms with Crippen LogP contribution in [0.1, 0.15) is 38.3 Å².